The fourth-order valence-corrected chi connectivity index (χ4v) is 3.00. The molecule has 0 saturated heterocycles. The summed E-state index contributed by atoms with van der Waals surface area (Å²) >= 11 is 1.73. The average molecular weight is 310 g/mol. The molecule has 1 rings (SSSR count). The Morgan fingerprint density at radius 2 is 1.71 bits per heavy atom. The van der Waals surface area contributed by atoms with Crippen LogP contribution in [0.5, 0.6) is 0 Å². The Bertz CT molecular complexity index is 529. The molecule has 0 fully saturated rings. The number of carbonyl (C=O) groups excluding carboxylic acids is 2. The van der Waals surface area contributed by atoms with E-state index in [1.165, 1.54) is 9.75 Å². The van der Waals surface area contributed by atoms with Crippen LogP contribution in [-0.2, 0) is 9.59 Å². The lowest BCUT2D eigenvalue weighted by Crippen LogP contribution is -2.48. The maximum absolute atomic E-state index is 12.2. The van der Waals surface area contributed by atoms with Gasteiger partial charge in [-0.1, -0.05) is 20.8 Å². The molecule has 1 aromatic rings. The molecule has 0 spiro atoms. The highest BCUT2D eigenvalue weighted by Crippen LogP contribution is 2.26. The van der Waals surface area contributed by atoms with Crippen LogP contribution in [0.25, 0.3) is 0 Å². The van der Waals surface area contributed by atoms with Crippen LogP contribution in [0.3, 0.4) is 0 Å². The van der Waals surface area contributed by atoms with E-state index in [4.69, 9.17) is 0 Å². The predicted molar refractivity (Wildman–Crippen MR) is 87.4 cm³/mol. The van der Waals surface area contributed by atoms with E-state index >= 15 is 0 Å². The topological polar surface area (TPSA) is 58.2 Å². The van der Waals surface area contributed by atoms with Crippen molar-refractivity contribution in [2.75, 3.05) is 0 Å². The van der Waals surface area contributed by atoms with Gasteiger partial charge in [0.2, 0.25) is 11.8 Å². The van der Waals surface area contributed by atoms with Gasteiger partial charge in [0, 0.05) is 15.2 Å². The van der Waals surface area contributed by atoms with Crippen LogP contribution in [-0.4, -0.2) is 17.9 Å². The standard InChI is InChI=1S/C16H26N2O2S/c1-9-8-13(12(4)21-9)10(2)17-14(19)11(3)18-15(20)16(5,6)7/h8,10-11H,1-7H3,(H,17,19)(H,18,20). The molecule has 4 nitrogen and oxygen atoms in total. The van der Waals surface area contributed by atoms with E-state index in [-0.39, 0.29) is 17.9 Å². The van der Waals surface area contributed by atoms with Crippen molar-refractivity contribution in [3.63, 3.8) is 0 Å². The second-order valence-corrected chi connectivity index (χ2v) is 8.00. The normalized spacial score (nSPS) is 14.4. The first kappa shape index (κ1) is 17.7. The Morgan fingerprint density at radius 1 is 1.14 bits per heavy atom. The number of rotatable bonds is 4. The third-order valence-corrected chi connectivity index (χ3v) is 4.31. The largest absolute Gasteiger partial charge is 0.348 e. The average Bonchev–Trinajstić information content (AvgIpc) is 2.66. The van der Waals surface area contributed by atoms with Gasteiger partial charge in [0.15, 0.2) is 0 Å². The maximum Gasteiger partial charge on any atom is 0.242 e. The molecular formula is C16H26N2O2S. The number of aryl methyl sites for hydroxylation is 2. The van der Waals surface area contributed by atoms with Crippen molar-refractivity contribution in [3.05, 3.63) is 21.4 Å². The molecule has 0 saturated carbocycles. The smallest absolute Gasteiger partial charge is 0.242 e. The Hall–Kier alpha value is -1.36. The molecule has 118 valence electrons. The molecule has 5 heteroatoms. The van der Waals surface area contributed by atoms with Crippen molar-refractivity contribution in [1.82, 2.24) is 10.6 Å². The van der Waals surface area contributed by atoms with Crippen molar-refractivity contribution >= 4 is 23.2 Å². The first-order chi connectivity index (χ1) is 9.52. The maximum atomic E-state index is 12.2. The summed E-state index contributed by atoms with van der Waals surface area (Å²) in [4.78, 5) is 26.5. The van der Waals surface area contributed by atoms with Crippen LogP contribution < -0.4 is 10.6 Å². The molecule has 0 bridgehead atoms. The van der Waals surface area contributed by atoms with Crippen LogP contribution in [0.1, 0.15) is 56.0 Å². The van der Waals surface area contributed by atoms with Crippen molar-refractivity contribution in [2.45, 2.75) is 60.5 Å². The summed E-state index contributed by atoms with van der Waals surface area (Å²) < 4.78 is 0. The van der Waals surface area contributed by atoms with E-state index < -0.39 is 11.5 Å². The van der Waals surface area contributed by atoms with E-state index in [1.54, 1.807) is 18.3 Å². The minimum Gasteiger partial charge on any atom is -0.348 e. The van der Waals surface area contributed by atoms with Crippen LogP contribution in [0.2, 0.25) is 0 Å². The van der Waals surface area contributed by atoms with Gasteiger partial charge in [-0.2, -0.15) is 0 Å². The van der Waals surface area contributed by atoms with Gasteiger partial charge in [0.05, 0.1) is 6.04 Å². The van der Waals surface area contributed by atoms with Gasteiger partial charge >= 0.3 is 0 Å². The monoisotopic (exact) mass is 310 g/mol. The number of amides is 2. The van der Waals surface area contributed by atoms with Crippen molar-refractivity contribution in [2.24, 2.45) is 5.41 Å². The molecule has 0 aliphatic carbocycles. The van der Waals surface area contributed by atoms with Crippen molar-refractivity contribution in [1.29, 1.82) is 0 Å². The number of nitrogens with one attached hydrogen (secondary N) is 2. The number of hydrogen-bond donors (Lipinski definition) is 2. The Labute approximate surface area is 131 Å². The van der Waals surface area contributed by atoms with Crippen LogP contribution >= 0.6 is 11.3 Å². The third-order valence-electron chi connectivity index (χ3n) is 3.33. The van der Waals surface area contributed by atoms with E-state index in [0.29, 0.717) is 0 Å². The molecule has 21 heavy (non-hydrogen) atoms. The molecule has 2 amide bonds. The fourth-order valence-electron chi connectivity index (χ4n) is 1.98. The summed E-state index contributed by atoms with van der Waals surface area (Å²) in [6.07, 6.45) is 0. The molecule has 1 heterocycles. The first-order valence-electron chi connectivity index (χ1n) is 7.20. The van der Waals surface area contributed by atoms with E-state index in [2.05, 4.69) is 30.5 Å². The number of carbonyl (C=O) groups is 2. The van der Waals surface area contributed by atoms with Crippen molar-refractivity contribution in [3.8, 4) is 0 Å². The van der Waals surface area contributed by atoms with Gasteiger partial charge < -0.3 is 10.6 Å². The van der Waals surface area contributed by atoms with E-state index in [9.17, 15) is 9.59 Å². The molecule has 2 atom stereocenters. The van der Waals surface area contributed by atoms with Gasteiger partial charge in [0.25, 0.3) is 0 Å². The zero-order chi connectivity index (χ0) is 16.4. The van der Waals surface area contributed by atoms with Gasteiger partial charge in [-0.25, -0.2) is 0 Å². The van der Waals surface area contributed by atoms with Gasteiger partial charge in [-0.05, 0) is 39.3 Å². The Balaban J connectivity index is 2.64. The van der Waals surface area contributed by atoms with Crippen LogP contribution in [0, 0.1) is 19.3 Å². The second kappa shape index (κ2) is 6.60. The van der Waals surface area contributed by atoms with Gasteiger partial charge in [0.1, 0.15) is 6.04 Å². The zero-order valence-corrected chi connectivity index (χ0v) is 14.8. The molecular weight excluding hydrogens is 284 g/mol. The predicted octanol–water partition coefficient (Wildman–Crippen LogP) is 3.09. The lowest BCUT2D eigenvalue weighted by molar-refractivity contribution is -0.133. The van der Waals surface area contributed by atoms with E-state index in [0.717, 1.165) is 5.56 Å². The second-order valence-electron chi connectivity index (χ2n) is 6.54. The van der Waals surface area contributed by atoms with Crippen LogP contribution in [0.4, 0.5) is 0 Å². The van der Waals surface area contributed by atoms with Gasteiger partial charge in [-0.3, -0.25) is 9.59 Å². The molecule has 2 N–H and O–H groups in total. The molecule has 0 radical (unpaired) electrons. The highest BCUT2D eigenvalue weighted by atomic mass is 32.1. The summed E-state index contributed by atoms with van der Waals surface area (Å²) in [5.74, 6) is -0.288. The molecule has 0 aliphatic rings. The third kappa shape index (κ3) is 4.84. The summed E-state index contributed by atoms with van der Waals surface area (Å²) in [6, 6.07) is 1.50. The Kier molecular flexibility index (Phi) is 5.56. The van der Waals surface area contributed by atoms with Crippen molar-refractivity contribution < 1.29 is 9.59 Å². The van der Waals surface area contributed by atoms with Crippen LogP contribution in [0.15, 0.2) is 6.07 Å². The molecule has 0 aliphatic heterocycles. The summed E-state index contributed by atoms with van der Waals surface area (Å²) in [7, 11) is 0. The minimum atomic E-state index is -0.542. The summed E-state index contributed by atoms with van der Waals surface area (Å²) in [6.45, 7) is 13.3. The highest BCUT2D eigenvalue weighted by molar-refractivity contribution is 7.12. The SMILES string of the molecule is Cc1cc(C(C)NC(=O)C(C)NC(=O)C(C)(C)C)c(C)s1. The van der Waals surface area contributed by atoms with Gasteiger partial charge in [-0.15, -0.1) is 11.3 Å². The lowest BCUT2D eigenvalue weighted by atomic mass is 9.95. The zero-order valence-electron chi connectivity index (χ0n) is 14.0. The summed E-state index contributed by atoms with van der Waals surface area (Å²) in [5.41, 5.74) is 0.640. The quantitative estimate of drug-likeness (QED) is 0.898. The summed E-state index contributed by atoms with van der Waals surface area (Å²) in [5, 5.41) is 5.71. The number of thiophene rings is 1. The Morgan fingerprint density at radius 3 is 2.14 bits per heavy atom. The minimum absolute atomic E-state index is 0.0589. The van der Waals surface area contributed by atoms with E-state index in [1.807, 2.05) is 27.7 Å². The lowest BCUT2D eigenvalue weighted by Gasteiger charge is -2.23. The molecule has 0 aromatic carbocycles. The molecule has 1 aromatic heterocycles. The number of hydrogen-bond acceptors (Lipinski definition) is 3. The molecule has 2 unspecified atom stereocenters. The first-order valence-corrected chi connectivity index (χ1v) is 8.02. The highest BCUT2D eigenvalue weighted by Gasteiger charge is 2.26. The fraction of sp³-hybridized carbons (Fsp3) is 0.625.